The molecule has 0 atom stereocenters. The van der Waals surface area contributed by atoms with Crippen molar-refractivity contribution in [2.24, 2.45) is 0 Å². The maximum atomic E-state index is 14.8. The van der Waals surface area contributed by atoms with Gasteiger partial charge < -0.3 is 9.72 Å². The van der Waals surface area contributed by atoms with E-state index < -0.39 is 21.6 Å². The molecule has 2 aromatic heterocycles. The Kier molecular flexibility index (Phi) is 6.70. The Morgan fingerprint density at radius 3 is 2.62 bits per heavy atom. The van der Waals surface area contributed by atoms with E-state index >= 15 is 0 Å². The van der Waals surface area contributed by atoms with Crippen molar-refractivity contribution in [1.29, 1.82) is 0 Å². The van der Waals surface area contributed by atoms with Crippen LogP contribution in [0.15, 0.2) is 54.9 Å². The second kappa shape index (κ2) is 9.54. The monoisotopic (exact) mass is 501 g/mol. The molecule has 2 heterocycles. The highest BCUT2D eigenvalue weighted by molar-refractivity contribution is 7.92. The Morgan fingerprint density at radius 1 is 1.18 bits per heavy atom. The number of rotatable bonds is 8. The topological polar surface area (TPSA) is 101 Å². The SMILES string of the molecule is COCCS(=O)(=O)Nc1ccc(F)c(C(=O)c2c[nH]c3ncc(-c4ccc(Cl)cc4)cc23)c1C. The third-order valence-corrected chi connectivity index (χ3v) is 6.90. The number of hydrogen-bond acceptors (Lipinski definition) is 5. The lowest BCUT2D eigenvalue weighted by Gasteiger charge is -2.14. The van der Waals surface area contributed by atoms with Crippen LogP contribution >= 0.6 is 11.6 Å². The first-order valence-corrected chi connectivity index (χ1v) is 12.3. The Balaban J connectivity index is 1.75. The zero-order valence-corrected chi connectivity index (χ0v) is 19.9. The fraction of sp³-hybridized carbons (Fsp3) is 0.167. The summed E-state index contributed by atoms with van der Waals surface area (Å²) >= 11 is 5.97. The van der Waals surface area contributed by atoms with Crippen LogP contribution in [0.4, 0.5) is 10.1 Å². The van der Waals surface area contributed by atoms with E-state index in [1.54, 1.807) is 24.4 Å². The number of anilines is 1. The molecule has 0 bridgehead atoms. The third kappa shape index (κ3) is 4.82. The average molecular weight is 502 g/mol. The number of halogens is 2. The standard InChI is InChI=1S/C24H21ClFN3O4S/c1-14-21(29-34(31,32)10-9-33-2)8-7-20(26)22(14)23(30)19-13-28-24-18(19)11-16(12-27-24)15-3-5-17(25)6-4-15/h3-8,11-13,29H,9-10H2,1-2H3,(H,27,28). The first-order chi connectivity index (χ1) is 16.2. The van der Waals surface area contributed by atoms with E-state index in [0.29, 0.717) is 16.1 Å². The van der Waals surface area contributed by atoms with Crippen LogP contribution in [0, 0.1) is 12.7 Å². The van der Waals surface area contributed by atoms with Gasteiger partial charge in [-0.1, -0.05) is 23.7 Å². The number of nitrogens with zero attached hydrogens (tertiary/aromatic N) is 1. The van der Waals surface area contributed by atoms with Crippen LogP contribution in [-0.2, 0) is 14.8 Å². The van der Waals surface area contributed by atoms with E-state index in [-0.39, 0.29) is 34.7 Å². The molecular weight excluding hydrogens is 481 g/mol. The number of hydrogen-bond donors (Lipinski definition) is 2. The van der Waals surface area contributed by atoms with E-state index in [0.717, 1.165) is 17.2 Å². The van der Waals surface area contributed by atoms with Gasteiger partial charge in [-0.3, -0.25) is 9.52 Å². The maximum Gasteiger partial charge on any atom is 0.235 e. The lowest BCUT2D eigenvalue weighted by molar-refractivity contribution is 0.103. The van der Waals surface area contributed by atoms with Crippen molar-refractivity contribution in [2.45, 2.75) is 6.92 Å². The van der Waals surface area contributed by atoms with Crippen LogP contribution < -0.4 is 4.72 Å². The molecule has 0 saturated carbocycles. The molecule has 7 nitrogen and oxygen atoms in total. The number of H-pyrrole nitrogens is 1. The molecule has 0 unspecified atom stereocenters. The minimum absolute atomic E-state index is 0.000342. The van der Waals surface area contributed by atoms with Crippen molar-refractivity contribution in [3.8, 4) is 11.1 Å². The van der Waals surface area contributed by atoms with Crippen LogP contribution in [0.1, 0.15) is 21.5 Å². The molecular formula is C24H21ClFN3O4S. The normalized spacial score (nSPS) is 11.6. The first-order valence-electron chi connectivity index (χ1n) is 10.3. The highest BCUT2D eigenvalue weighted by Gasteiger charge is 2.23. The molecule has 34 heavy (non-hydrogen) atoms. The molecule has 0 saturated heterocycles. The number of fused-ring (bicyclic) bond motifs is 1. The van der Waals surface area contributed by atoms with Crippen LogP contribution in [0.5, 0.6) is 0 Å². The fourth-order valence-electron chi connectivity index (χ4n) is 3.61. The summed E-state index contributed by atoms with van der Waals surface area (Å²) in [6.45, 7) is 1.50. The van der Waals surface area contributed by atoms with Crippen molar-refractivity contribution in [3.63, 3.8) is 0 Å². The van der Waals surface area contributed by atoms with E-state index in [4.69, 9.17) is 16.3 Å². The van der Waals surface area contributed by atoms with Crippen LogP contribution in [0.25, 0.3) is 22.2 Å². The summed E-state index contributed by atoms with van der Waals surface area (Å²) in [4.78, 5) is 20.8. The average Bonchev–Trinajstić information content (AvgIpc) is 3.23. The van der Waals surface area contributed by atoms with Gasteiger partial charge in [0.05, 0.1) is 23.6 Å². The highest BCUT2D eigenvalue weighted by atomic mass is 35.5. The number of benzene rings is 2. The molecule has 176 valence electrons. The van der Waals surface area contributed by atoms with E-state index in [1.165, 1.54) is 26.3 Å². The Hall–Kier alpha value is -3.27. The second-order valence-electron chi connectivity index (χ2n) is 7.67. The quantitative estimate of drug-likeness (QED) is 0.333. The molecule has 2 aromatic carbocycles. The number of aromatic amines is 1. The van der Waals surface area contributed by atoms with Crippen molar-refractivity contribution in [1.82, 2.24) is 9.97 Å². The number of carbonyl (C=O) groups is 1. The number of aromatic nitrogens is 2. The van der Waals surface area contributed by atoms with Crippen molar-refractivity contribution in [3.05, 3.63) is 82.4 Å². The van der Waals surface area contributed by atoms with Gasteiger partial charge in [0.15, 0.2) is 5.78 Å². The van der Waals surface area contributed by atoms with Gasteiger partial charge in [-0.15, -0.1) is 0 Å². The number of ketones is 1. The Labute approximate surface area is 201 Å². The summed E-state index contributed by atoms with van der Waals surface area (Å²) in [5.41, 5.74) is 2.39. The summed E-state index contributed by atoms with van der Waals surface area (Å²) in [6, 6.07) is 11.3. The molecule has 0 aliphatic heterocycles. The van der Waals surface area contributed by atoms with Crippen LogP contribution in [-0.4, -0.2) is 43.6 Å². The van der Waals surface area contributed by atoms with Gasteiger partial charge in [0.25, 0.3) is 0 Å². The number of methoxy groups -OCH3 is 1. The molecule has 0 aliphatic rings. The summed E-state index contributed by atoms with van der Waals surface area (Å²) in [6.07, 6.45) is 3.14. The minimum atomic E-state index is -3.74. The zero-order valence-electron chi connectivity index (χ0n) is 18.4. The number of pyridine rings is 1. The minimum Gasteiger partial charge on any atom is -0.384 e. The van der Waals surface area contributed by atoms with E-state index in [9.17, 15) is 17.6 Å². The summed E-state index contributed by atoms with van der Waals surface area (Å²) in [5.74, 6) is -1.61. The lowest BCUT2D eigenvalue weighted by atomic mass is 9.96. The number of carbonyl (C=O) groups excluding carboxylic acids is 1. The van der Waals surface area contributed by atoms with Crippen molar-refractivity contribution < 1.29 is 22.3 Å². The van der Waals surface area contributed by atoms with Crippen LogP contribution in [0.3, 0.4) is 0 Å². The summed E-state index contributed by atoms with van der Waals surface area (Å²) in [7, 11) is -2.34. The predicted molar refractivity (Wildman–Crippen MR) is 130 cm³/mol. The van der Waals surface area contributed by atoms with Gasteiger partial charge in [0.1, 0.15) is 11.5 Å². The molecule has 0 spiro atoms. The van der Waals surface area contributed by atoms with Crippen LogP contribution in [0.2, 0.25) is 5.02 Å². The van der Waals surface area contributed by atoms with Gasteiger partial charge >= 0.3 is 0 Å². The largest absolute Gasteiger partial charge is 0.384 e. The molecule has 10 heteroatoms. The van der Waals surface area contributed by atoms with Gasteiger partial charge in [0, 0.05) is 41.0 Å². The van der Waals surface area contributed by atoms with Crippen molar-refractivity contribution >= 4 is 44.1 Å². The third-order valence-electron chi connectivity index (χ3n) is 5.42. The van der Waals surface area contributed by atoms with E-state index in [1.807, 2.05) is 12.1 Å². The smallest absolute Gasteiger partial charge is 0.235 e. The maximum absolute atomic E-state index is 14.8. The predicted octanol–water partition coefficient (Wildman–Crippen LogP) is 4.95. The summed E-state index contributed by atoms with van der Waals surface area (Å²) < 4.78 is 46.6. The molecule has 4 rings (SSSR count). The molecule has 0 radical (unpaired) electrons. The highest BCUT2D eigenvalue weighted by Crippen LogP contribution is 2.30. The summed E-state index contributed by atoms with van der Waals surface area (Å²) in [5, 5.41) is 1.11. The van der Waals surface area contributed by atoms with Crippen molar-refractivity contribution in [2.75, 3.05) is 24.2 Å². The Morgan fingerprint density at radius 2 is 1.91 bits per heavy atom. The van der Waals surface area contributed by atoms with E-state index in [2.05, 4.69) is 14.7 Å². The zero-order chi connectivity index (χ0) is 24.5. The van der Waals surface area contributed by atoms with Gasteiger partial charge in [-0.2, -0.15) is 0 Å². The lowest BCUT2D eigenvalue weighted by Crippen LogP contribution is -2.21. The Bertz CT molecular complexity index is 1480. The molecule has 0 amide bonds. The number of nitrogens with one attached hydrogen (secondary N) is 2. The first kappa shape index (κ1) is 23.9. The number of sulfonamides is 1. The van der Waals surface area contributed by atoms with Gasteiger partial charge in [-0.05, 0) is 48.4 Å². The molecule has 4 aromatic rings. The second-order valence-corrected chi connectivity index (χ2v) is 9.95. The molecule has 0 fully saturated rings. The number of ether oxygens (including phenoxy) is 1. The van der Waals surface area contributed by atoms with Gasteiger partial charge in [-0.25, -0.2) is 17.8 Å². The molecule has 0 aliphatic carbocycles. The fourth-order valence-corrected chi connectivity index (χ4v) is 4.78. The molecule has 2 N–H and O–H groups in total. The van der Waals surface area contributed by atoms with Gasteiger partial charge in [0.2, 0.25) is 10.0 Å².